The molecule has 0 fully saturated rings. The van der Waals surface area contributed by atoms with E-state index in [0.29, 0.717) is 17.5 Å². The average molecular weight is 714 g/mol. The third-order valence-corrected chi connectivity index (χ3v) is 10.5. The molecule has 0 bridgehead atoms. The van der Waals surface area contributed by atoms with Crippen molar-refractivity contribution in [1.82, 2.24) is 15.0 Å². The first-order chi connectivity index (χ1) is 27.8. The molecule has 3 nitrogen and oxygen atoms in total. The van der Waals surface area contributed by atoms with E-state index in [9.17, 15) is 0 Å². The highest BCUT2D eigenvalue weighted by Crippen LogP contribution is 2.45. The first-order valence-corrected chi connectivity index (χ1v) is 18.9. The molecule has 10 aromatic rings. The maximum absolute atomic E-state index is 5.12. The molecule has 0 spiro atoms. The summed E-state index contributed by atoms with van der Waals surface area (Å²) in [4.78, 5) is 15.2. The zero-order valence-corrected chi connectivity index (χ0v) is 30.5. The summed E-state index contributed by atoms with van der Waals surface area (Å²) in [6, 6.07) is 74.7. The van der Waals surface area contributed by atoms with Gasteiger partial charge in [0.15, 0.2) is 17.5 Å². The zero-order chi connectivity index (χ0) is 37.3. The van der Waals surface area contributed by atoms with Crippen LogP contribution in [0.1, 0.15) is 0 Å². The quantitative estimate of drug-likeness (QED) is 0.154. The summed E-state index contributed by atoms with van der Waals surface area (Å²) in [7, 11) is 0. The van der Waals surface area contributed by atoms with Gasteiger partial charge in [-0.15, -0.1) is 0 Å². The van der Waals surface area contributed by atoms with Crippen molar-refractivity contribution >= 4 is 21.5 Å². The number of hydrogen-bond donors (Lipinski definition) is 0. The summed E-state index contributed by atoms with van der Waals surface area (Å²) >= 11 is 0. The number of fused-ring (bicyclic) bond motifs is 2. The molecular formula is C53H35N3. The largest absolute Gasteiger partial charge is 0.208 e. The lowest BCUT2D eigenvalue weighted by Gasteiger charge is -2.18. The number of benzene rings is 9. The third kappa shape index (κ3) is 6.12. The van der Waals surface area contributed by atoms with Crippen LogP contribution in [0.3, 0.4) is 0 Å². The fraction of sp³-hybridized carbons (Fsp3) is 0. The summed E-state index contributed by atoms with van der Waals surface area (Å²) in [5, 5.41) is 4.95. The van der Waals surface area contributed by atoms with Gasteiger partial charge in [0.1, 0.15) is 0 Å². The predicted octanol–water partition coefficient (Wildman–Crippen LogP) is 13.8. The van der Waals surface area contributed by atoms with Crippen LogP contribution < -0.4 is 0 Å². The molecule has 0 unspecified atom stereocenters. The Morgan fingerprint density at radius 3 is 1.16 bits per heavy atom. The summed E-state index contributed by atoms with van der Waals surface area (Å²) in [5.41, 5.74) is 12.2. The van der Waals surface area contributed by atoms with E-state index < -0.39 is 0 Å². The van der Waals surface area contributed by atoms with E-state index in [-0.39, 0.29) is 0 Å². The fourth-order valence-corrected chi connectivity index (χ4v) is 7.89. The summed E-state index contributed by atoms with van der Waals surface area (Å²) in [5.74, 6) is 1.91. The minimum atomic E-state index is 0.632. The topological polar surface area (TPSA) is 38.7 Å². The summed E-state index contributed by atoms with van der Waals surface area (Å²) in [6.07, 6.45) is 0. The number of aromatic nitrogens is 3. The van der Waals surface area contributed by atoms with Crippen LogP contribution in [0.5, 0.6) is 0 Å². The van der Waals surface area contributed by atoms with Crippen LogP contribution in [-0.4, -0.2) is 15.0 Å². The van der Waals surface area contributed by atoms with Gasteiger partial charge in [-0.25, -0.2) is 15.0 Å². The van der Waals surface area contributed by atoms with Gasteiger partial charge in [0.25, 0.3) is 0 Å². The van der Waals surface area contributed by atoms with Crippen LogP contribution in [0.25, 0.3) is 100 Å². The van der Waals surface area contributed by atoms with E-state index in [1.54, 1.807) is 0 Å². The van der Waals surface area contributed by atoms with E-state index in [1.165, 1.54) is 43.8 Å². The molecule has 56 heavy (non-hydrogen) atoms. The minimum Gasteiger partial charge on any atom is -0.208 e. The van der Waals surface area contributed by atoms with Crippen molar-refractivity contribution in [1.29, 1.82) is 0 Å². The Hall–Kier alpha value is -7.49. The second-order valence-corrected chi connectivity index (χ2v) is 13.9. The molecule has 0 saturated heterocycles. The Morgan fingerprint density at radius 1 is 0.214 bits per heavy atom. The molecule has 0 amide bonds. The lowest BCUT2D eigenvalue weighted by Crippen LogP contribution is -2.01. The molecule has 0 atom stereocenters. The first kappa shape index (κ1) is 33.1. The Labute approximate surface area is 326 Å². The average Bonchev–Trinajstić information content (AvgIpc) is 3.29. The van der Waals surface area contributed by atoms with E-state index >= 15 is 0 Å². The van der Waals surface area contributed by atoms with Gasteiger partial charge in [-0.2, -0.15) is 0 Å². The highest BCUT2D eigenvalue weighted by molar-refractivity contribution is 6.22. The van der Waals surface area contributed by atoms with E-state index in [1.807, 2.05) is 42.5 Å². The highest BCUT2D eigenvalue weighted by Gasteiger charge is 2.19. The van der Waals surface area contributed by atoms with Crippen molar-refractivity contribution in [2.45, 2.75) is 0 Å². The van der Waals surface area contributed by atoms with Crippen molar-refractivity contribution in [3.8, 4) is 78.7 Å². The molecule has 0 aliphatic carbocycles. The molecule has 0 saturated carbocycles. The van der Waals surface area contributed by atoms with Gasteiger partial charge in [0.2, 0.25) is 0 Å². The van der Waals surface area contributed by atoms with Gasteiger partial charge in [0.05, 0.1) is 0 Å². The highest BCUT2D eigenvalue weighted by atomic mass is 15.0. The summed E-state index contributed by atoms with van der Waals surface area (Å²) < 4.78 is 0. The van der Waals surface area contributed by atoms with Gasteiger partial charge >= 0.3 is 0 Å². The molecule has 9 aromatic carbocycles. The monoisotopic (exact) mass is 713 g/mol. The molecule has 1 aromatic heterocycles. The summed E-state index contributed by atoms with van der Waals surface area (Å²) in [6.45, 7) is 0. The Kier molecular flexibility index (Phi) is 8.51. The van der Waals surface area contributed by atoms with Gasteiger partial charge in [-0.1, -0.05) is 206 Å². The van der Waals surface area contributed by atoms with E-state index in [4.69, 9.17) is 15.0 Å². The van der Waals surface area contributed by atoms with Gasteiger partial charge < -0.3 is 0 Å². The lowest BCUT2D eigenvalue weighted by atomic mass is 9.85. The van der Waals surface area contributed by atoms with Crippen LogP contribution in [0.4, 0.5) is 0 Å². The molecule has 262 valence electrons. The van der Waals surface area contributed by atoms with Gasteiger partial charge in [0, 0.05) is 16.7 Å². The molecule has 3 heteroatoms. The number of hydrogen-bond acceptors (Lipinski definition) is 3. The molecule has 0 aliphatic heterocycles. The molecule has 1 heterocycles. The maximum atomic E-state index is 5.12. The van der Waals surface area contributed by atoms with Gasteiger partial charge in [-0.05, 0) is 72.1 Å². The lowest BCUT2D eigenvalue weighted by molar-refractivity contribution is 1.07. The molecule has 0 radical (unpaired) electrons. The molecule has 0 aliphatic rings. The van der Waals surface area contributed by atoms with Crippen molar-refractivity contribution in [3.05, 3.63) is 212 Å². The second-order valence-electron chi connectivity index (χ2n) is 13.9. The van der Waals surface area contributed by atoms with E-state index in [2.05, 4.69) is 170 Å². The fourth-order valence-electron chi connectivity index (χ4n) is 7.89. The van der Waals surface area contributed by atoms with Crippen molar-refractivity contribution in [3.63, 3.8) is 0 Å². The number of rotatable bonds is 7. The van der Waals surface area contributed by atoms with E-state index in [0.717, 1.165) is 38.9 Å². The number of nitrogens with zero attached hydrogens (tertiary/aromatic N) is 3. The van der Waals surface area contributed by atoms with Crippen LogP contribution in [0, 0.1) is 0 Å². The molecule has 0 N–H and O–H groups in total. The Bertz CT molecular complexity index is 2980. The maximum Gasteiger partial charge on any atom is 0.164 e. The van der Waals surface area contributed by atoms with Crippen molar-refractivity contribution in [2.75, 3.05) is 0 Å². The SMILES string of the molecule is c1ccc(-c2nc(-c3ccc(-c4ccc5c(-c6ccccc6)c6ccccc6c(-c6ccccc6)c5c4)cc3)nc(-c3ccccc3-c3ccccc3)n2)cc1. The second kappa shape index (κ2) is 14.4. The van der Waals surface area contributed by atoms with Gasteiger partial charge in [-0.3, -0.25) is 0 Å². The standard InChI is InChI=1S/C53H35N3/c1-5-17-37(18-6-1)43-25-13-16-28-47(43)53-55-51(40-23-11-4-12-24-40)54-52(56-53)41-31-29-36(30-32-41)42-33-34-46-48(35-42)50(39-21-9-3-10-22-39)45-27-15-14-26-44(45)49(46)38-19-7-2-8-20-38/h1-35H. The Balaban J connectivity index is 1.11. The molecular weight excluding hydrogens is 679 g/mol. The van der Waals surface area contributed by atoms with Crippen LogP contribution in [0.2, 0.25) is 0 Å². The van der Waals surface area contributed by atoms with Crippen molar-refractivity contribution in [2.24, 2.45) is 0 Å². The third-order valence-electron chi connectivity index (χ3n) is 10.5. The van der Waals surface area contributed by atoms with Crippen molar-refractivity contribution < 1.29 is 0 Å². The molecule has 10 rings (SSSR count). The zero-order valence-electron chi connectivity index (χ0n) is 30.5. The normalized spacial score (nSPS) is 11.2. The van der Waals surface area contributed by atoms with Crippen LogP contribution in [-0.2, 0) is 0 Å². The Morgan fingerprint density at radius 2 is 0.589 bits per heavy atom. The first-order valence-electron chi connectivity index (χ1n) is 18.9. The van der Waals surface area contributed by atoms with Crippen LogP contribution in [0.15, 0.2) is 212 Å². The minimum absolute atomic E-state index is 0.632. The smallest absolute Gasteiger partial charge is 0.164 e. The predicted molar refractivity (Wildman–Crippen MR) is 233 cm³/mol. The van der Waals surface area contributed by atoms with Crippen LogP contribution >= 0.6 is 0 Å².